The maximum atomic E-state index is 12.7. The molecule has 0 bridgehead atoms. The van der Waals surface area contributed by atoms with Crippen molar-refractivity contribution in [1.29, 1.82) is 0 Å². The van der Waals surface area contributed by atoms with E-state index in [1.54, 1.807) is 6.07 Å². The van der Waals surface area contributed by atoms with Crippen LogP contribution in [-0.4, -0.2) is 21.3 Å². The van der Waals surface area contributed by atoms with E-state index in [0.29, 0.717) is 17.9 Å². The Labute approximate surface area is 166 Å². The fourth-order valence-electron chi connectivity index (χ4n) is 3.59. The Balaban J connectivity index is 1.30. The number of hydrogen-bond donors (Lipinski definition) is 1. The van der Waals surface area contributed by atoms with Crippen LogP contribution in [0.1, 0.15) is 42.2 Å². The number of aryl methyl sites for hydroxylation is 1. The van der Waals surface area contributed by atoms with Gasteiger partial charge in [0.2, 0.25) is 0 Å². The van der Waals surface area contributed by atoms with Crippen LogP contribution >= 0.6 is 0 Å². The fourth-order valence-corrected chi connectivity index (χ4v) is 3.59. The van der Waals surface area contributed by atoms with Crippen LogP contribution in [0.2, 0.25) is 0 Å². The summed E-state index contributed by atoms with van der Waals surface area (Å²) >= 11 is 0. The van der Waals surface area contributed by atoms with E-state index in [2.05, 4.69) is 20.1 Å². The van der Waals surface area contributed by atoms with Gasteiger partial charge in [0.05, 0.1) is 12.1 Å². The minimum Gasteiger partial charge on any atom is -0.460 e. The van der Waals surface area contributed by atoms with Gasteiger partial charge in [-0.05, 0) is 37.1 Å². The SMILES string of the molecule is FC(F)(F)c1ccc(-c2ccc(CNCCc3nnc4n3CCCCC4)o2)cc1. The van der Waals surface area contributed by atoms with Crippen molar-refractivity contribution in [2.75, 3.05) is 6.54 Å². The molecule has 0 atom stereocenters. The Bertz CT molecular complexity index is 944. The van der Waals surface area contributed by atoms with Gasteiger partial charge in [-0.25, -0.2) is 0 Å². The van der Waals surface area contributed by atoms with Crippen LogP contribution < -0.4 is 5.32 Å². The number of alkyl halides is 3. The number of hydrogen-bond acceptors (Lipinski definition) is 4. The summed E-state index contributed by atoms with van der Waals surface area (Å²) in [5.74, 6) is 3.39. The zero-order valence-electron chi connectivity index (χ0n) is 16.0. The van der Waals surface area contributed by atoms with Gasteiger partial charge < -0.3 is 14.3 Å². The molecule has 1 aliphatic rings. The van der Waals surface area contributed by atoms with E-state index in [1.165, 1.54) is 31.4 Å². The van der Waals surface area contributed by atoms with Gasteiger partial charge in [-0.1, -0.05) is 18.6 Å². The highest BCUT2D eigenvalue weighted by Crippen LogP contribution is 2.31. The van der Waals surface area contributed by atoms with Crippen molar-refractivity contribution in [1.82, 2.24) is 20.1 Å². The molecule has 1 aliphatic heterocycles. The highest BCUT2D eigenvalue weighted by Gasteiger charge is 2.30. The molecule has 0 aliphatic carbocycles. The van der Waals surface area contributed by atoms with Gasteiger partial charge in [-0.2, -0.15) is 13.2 Å². The van der Waals surface area contributed by atoms with Gasteiger partial charge in [-0.3, -0.25) is 0 Å². The van der Waals surface area contributed by atoms with E-state index >= 15 is 0 Å². The lowest BCUT2D eigenvalue weighted by Crippen LogP contribution is -2.18. The molecule has 0 saturated heterocycles. The molecule has 1 aromatic carbocycles. The lowest BCUT2D eigenvalue weighted by Gasteiger charge is -2.07. The molecule has 0 spiro atoms. The number of rotatable bonds is 6. The first-order valence-electron chi connectivity index (χ1n) is 9.89. The Morgan fingerprint density at radius 3 is 2.62 bits per heavy atom. The summed E-state index contributed by atoms with van der Waals surface area (Å²) in [5, 5.41) is 12.0. The van der Waals surface area contributed by atoms with Crippen LogP contribution in [0, 0.1) is 0 Å². The molecule has 0 fully saturated rings. The highest BCUT2D eigenvalue weighted by molar-refractivity contribution is 5.58. The first kappa shape index (κ1) is 19.7. The molecule has 0 saturated carbocycles. The third-order valence-corrected chi connectivity index (χ3v) is 5.17. The zero-order chi connectivity index (χ0) is 20.3. The van der Waals surface area contributed by atoms with Gasteiger partial charge >= 0.3 is 6.18 Å². The lowest BCUT2D eigenvalue weighted by molar-refractivity contribution is -0.137. The molecule has 3 aromatic rings. The van der Waals surface area contributed by atoms with E-state index in [-0.39, 0.29) is 0 Å². The second kappa shape index (κ2) is 8.41. The van der Waals surface area contributed by atoms with Crippen molar-refractivity contribution in [2.24, 2.45) is 0 Å². The van der Waals surface area contributed by atoms with Gasteiger partial charge in [0.1, 0.15) is 23.2 Å². The zero-order valence-corrected chi connectivity index (χ0v) is 16.0. The predicted octanol–water partition coefficient (Wildman–Crippen LogP) is 4.62. The molecule has 154 valence electrons. The van der Waals surface area contributed by atoms with Crippen molar-refractivity contribution in [2.45, 2.75) is 51.4 Å². The quantitative estimate of drug-likeness (QED) is 0.610. The second-order valence-electron chi connectivity index (χ2n) is 7.26. The van der Waals surface area contributed by atoms with Crippen LogP contribution in [0.4, 0.5) is 13.2 Å². The maximum Gasteiger partial charge on any atom is 0.416 e. The van der Waals surface area contributed by atoms with Crippen LogP contribution in [-0.2, 0) is 32.1 Å². The summed E-state index contributed by atoms with van der Waals surface area (Å²) in [5.41, 5.74) is -0.0449. The normalized spacial score (nSPS) is 14.6. The first-order valence-corrected chi connectivity index (χ1v) is 9.89. The van der Waals surface area contributed by atoms with Crippen molar-refractivity contribution in [3.8, 4) is 11.3 Å². The Morgan fingerprint density at radius 2 is 1.83 bits per heavy atom. The molecule has 29 heavy (non-hydrogen) atoms. The molecule has 5 nitrogen and oxygen atoms in total. The van der Waals surface area contributed by atoms with E-state index in [4.69, 9.17) is 4.42 Å². The number of benzene rings is 1. The highest BCUT2D eigenvalue weighted by atomic mass is 19.4. The monoisotopic (exact) mass is 404 g/mol. The molecule has 8 heteroatoms. The summed E-state index contributed by atoms with van der Waals surface area (Å²) in [4.78, 5) is 0. The minimum absolute atomic E-state index is 0.543. The number of furan rings is 1. The van der Waals surface area contributed by atoms with E-state index < -0.39 is 11.7 Å². The predicted molar refractivity (Wildman–Crippen MR) is 102 cm³/mol. The van der Waals surface area contributed by atoms with E-state index in [1.807, 2.05) is 6.07 Å². The van der Waals surface area contributed by atoms with Gasteiger partial charge in [0.25, 0.3) is 0 Å². The lowest BCUT2D eigenvalue weighted by atomic mass is 10.1. The molecule has 0 amide bonds. The van der Waals surface area contributed by atoms with Crippen LogP contribution in [0.5, 0.6) is 0 Å². The largest absolute Gasteiger partial charge is 0.460 e. The standard InChI is InChI=1S/C21H23F3N4O/c22-21(23,24)16-7-5-15(6-8-16)18-10-9-17(29-18)14-25-12-11-20-27-26-19-4-2-1-3-13-28(19)20/h5-10,25H,1-4,11-14H2. The second-order valence-corrected chi connectivity index (χ2v) is 7.26. The molecular weight excluding hydrogens is 381 g/mol. The molecule has 1 N–H and O–H groups in total. The van der Waals surface area contributed by atoms with Crippen molar-refractivity contribution in [3.05, 3.63) is 59.4 Å². The Morgan fingerprint density at radius 1 is 1.00 bits per heavy atom. The van der Waals surface area contributed by atoms with E-state index in [0.717, 1.165) is 55.5 Å². The summed E-state index contributed by atoms with van der Waals surface area (Å²) in [6.07, 6.45) is 1.04. The third kappa shape index (κ3) is 4.70. The molecule has 3 heterocycles. The molecule has 0 radical (unpaired) electrons. The smallest absolute Gasteiger partial charge is 0.416 e. The molecule has 4 rings (SSSR count). The average molecular weight is 404 g/mol. The summed E-state index contributed by atoms with van der Waals surface area (Å²) in [6, 6.07) is 8.60. The number of aromatic nitrogens is 3. The van der Waals surface area contributed by atoms with Crippen molar-refractivity contribution >= 4 is 0 Å². The summed E-state index contributed by atoms with van der Waals surface area (Å²) in [7, 11) is 0. The van der Waals surface area contributed by atoms with Gasteiger partial charge in [-0.15, -0.1) is 10.2 Å². The maximum absolute atomic E-state index is 12.7. The summed E-state index contributed by atoms with van der Waals surface area (Å²) < 4.78 is 46.0. The van der Waals surface area contributed by atoms with Crippen LogP contribution in [0.15, 0.2) is 40.8 Å². The van der Waals surface area contributed by atoms with E-state index in [9.17, 15) is 13.2 Å². The van der Waals surface area contributed by atoms with Gasteiger partial charge in [0, 0.05) is 31.5 Å². The van der Waals surface area contributed by atoms with Crippen molar-refractivity contribution in [3.63, 3.8) is 0 Å². The number of nitrogens with zero attached hydrogens (tertiary/aromatic N) is 3. The first-order chi connectivity index (χ1) is 14.0. The minimum atomic E-state index is -4.33. The Kier molecular flexibility index (Phi) is 5.71. The molecule has 0 unspecified atom stereocenters. The average Bonchev–Trinajstić information content (AvgIpc) is 3.25. The molecular formula is C21H23F3N4O. The summed E-state index contributed by atoms with van der Waals surface area (Å²) in [6.45, 7) is 2.28. The third-order valence-electron chi connectivity index (χ3n) is 5.17. The number of fused-ring (bicyclic) bond motifs is 1. The number of halogens is 3. The number of nitrogens with one attached hydrogen (secondary N) is 1. The molecule has 2 aromatic heterocycles. The van der Waals surface area contributed by atoms with Crippen molar-refractivity contribution < 1.29 is 17.6 Å². The van der Waals surface area contributed by atoms with Crippen LogP contribution in [0.3, 0.4) is 0 Å². The van der Waals surface area contributed by atoms with Crippen LogP contribution in [0.25, 0.3) is 11.3 Å². The Hall–Kier alpha value is -2.61. The fraction of sp³-hybridized carbons (Fsp3) is 0.429. The van der Waals surface area contributed by atoms with Gasteiger partial charge in [0.15, 0.2) is 0 Å². The topological polar surface area (TPSA) is 55.9 Å².